The maximum absolute atomic E-state index is 11.1. The van der Waals surface area contributed by atoms with Gasteiger partial charge in [-0.3, -0.25) is 10.1 Å². The van der Waals surface area contributed by atoms with Crippen LogP contribution in [0.3, 0.4) is 0 Å². The molecule has 2 aromatic rings. The average molecular weight is 284 g/mol. The lowest BCUT2D eigenvalue weighted by atomic mass is 10.1. The van der Waals surface area contributed by atoms with E-state index in [1.54, 1.807) is 31.2 Å². The number of nitro groups is 1. The van der Waals surface area contributed by atoms with Gasteiger partial charge in [0.15, 0.2) is 0 Å². The Morgan fingerprint density at radius 3 is 2.62 bits per heavy atom. The topological polar surface area (TPSA) is 96.4 Å². The van der Waals surface area contributed by atoms with Gasteiger partial charge in [0.25, 0.3) is 0 Å². The molecule has 0 heterocycles. The van der Waals surface area contributed by atoms with E-state index in [1.165, 1.54) is 12.1 Å². The number of aliphatic hydroxyl groups excluding tert-OH is 1. The molecule has 2 aromatic carbocycles. The molecule has 0 aromatic heterocycles. The van der Waals surface area contributed by atoms with Gasteiger partial charge in [-0.05, 0) is 25.1 Å². The average Bonchev–Trinajstić information content (AvgIpc) is 2.47. The second kappa shape index (κ2) is 6.03. The van der Waals surface area contributed by atoms with Gasteiger partial charge in [-0.2, -0.15) is 5.26 Å². The molecular weight excluding hydrogens is 272 g/mol. The lowest BCUT2D eigenvalue weighted by Gasteiger charge is -2.13. The van der Waals surface area contributed by atoms with Gasteiger partial charge in [0, 0.05) is 11.6 Å². The largest absolute Gasteiger partial charge is 0.450 e. The van der Waals surface area contributed by atoms with Crippen LogP contribution in [0.4, 0.5) is 5.69 Å². The maximum atomic E-state index is 11.1. The smallest absolute Gasteiger partial charge is 0.312 e. The predicted octanol–water partition coefficient (Wildman–Crippen LogP) is 3.31. The van der Waals surface area contributed by atoms with Crippen LogP contribution in [0.1, 0.15) is 24.2 Å². The van der Waals surface area contributed by atoms with Crippen molar-refractivity contribution in [1.29, 1.82) is 5.26 Å². The second-order valence-corrected chi connectivity index (χ2v) is 4.37. The quantitative estimate of drug-likeness (QED) is 0.686. The van der Waals surface area contributed by atoms with Gasteiger partial charge in [-0.15, -0.1) is 0 Å². The summed E-state index contributed by atoms with van der Waals surface area (Å²) in [5, 5.41) is 29.5. The number of hydrogen-bond acceptors (Lipinski definition) is 5. The highest BCUT2D eigenvalue weighted by molar-refractivity contribution is 5.53. The maximum Gasteiger partial charge on any atom is 0.312 e. The molecule has 0 aliphatic rings. The highest BCUT2D eigenvalue weighted by Gasteiger charge is 2.18. The number of nitro benzene ring substituents is 1. The normalized spacial score (nSPS) is 11.5. The van der Waals surface area contributed by atoms with Crippen molar-refractivity contribution in [3.05, 3.63) is 63.7 Å². The van der Waals surface area contributed by atoms with Gasteiger partial charge in [0.1, 0.15) is 5.75 Å². The van der Waals surface area contributed by atoms with E-state index in [1.807, 2.05) is 6.07 Å². The SMILES string of the molecule is C[C@H](O)c1ccccc1Oc1ccc(C#N)cc1[N+](=O)[O-]. The minimum atomic E-state index is -0.765. The molecule has 0 saturated heterocycles. The van der Waals surface area contributed by atoms with Crippen molar-refractivity contribution < 1.29 is 14.8 Å². The Bertz CT molecular complexity index is 720. The predicted molar refractivity (Wildman–Crippen MR) is 75.0 cm³/mol. The van der Waals surface area contributed by atoms with Gasteiger partial charge >= 0.3 is 5.69 Å². The van der Waals surface area contributed by atoms with Crippen molar-refractivity contribution in [1.82, 2.24) is 0 Å². The first-order chi connectivity index (χ1) is 10.0. The van der Waals surface area contributed by atoms with Gasteiger partial charge in [0.05, 0.1) is 22.7 Å². The molecule has 21 heavy (non-hydrogen) atoms. The van der Waals surface area contributed by atoms with Crippen LogP contribution >= 0.6 is 0 Å². The van der Waals surface area contributed by atoms with Crippen molar-refractivity contribution in [2.45, 2.75) is 13.0 Å². The lowest BCUT2D eigenvalue weighted by molar-refractivity contribution is -0.385. The monoisotopic (exact) mass is 284 g/mol. The number of hydrogen-bond donors (Lipinski definition) is 1. The van der Waals surface area contributed by atoms with E-state index < -0.39 is 11.0 Å². The van der Waals surface area contributed by atoms with Crippen molar-refractivity contribution in [2.75, 3.05) is 0 Å². The first-order valence-corrected chi connectivity index (χ1v) is 6.16. The molecule has 106 valence electrons. The fourth-order valence-corrected chi connectivity index (χ4v) is 1.85. The van der Waals surface area contributed by atoms with Gasteiger partial charge < -0.3 is 9.84 Å². The van der Waals surface area contributed by atoms with Gasteiger partial charge in [0.2, 0.25) is 5.75 Å². The third kappa shape index (κ3) is 3.16. The second-order valence-electron chi connectivity index (χ2n) is 4.37. The van der Waals surface area contributed by atoms with E-state index in [-0.39, 0.29) is 17.0 Å². The molecule has 0 spiro atoms. The molecule has 6 nitrogen and oxygen atoms in total. The van der Waals surface area contributed by atoms with Crippen LogP contribution in [-0.4, -0.2) is 10.0 Å². The molecule has 0 aliphatic carbocycles. The molecular formula is C15H12N2O4. The van der Waals surface area contributed by atoms with Crippen LogP contribution in [0.25, 0.3) is 0 Å². The number of nitrogens with zero attached hydrogens (tertiary/aromatic N) is 2. The molecule has 1 N–H and O–H groups in total. The zero-order valence-corrected chi connectivity index (χ0v) is 11.2. The molecule has 0 fully saturated rings. The van der Waals surface area contributed by atoms with Crippen LogP contribution < -0.4 is 4.74 Å². The van der Waals surface area contributed by atoms with Crippen molar-refractivity contribution in [2.24, 2.45) is 0 Å². The Morgan fingerprint density at radius 1 is 1.29 bits per heavy atom. The molecule has 0 amide bonds. The van der Waals surface area contributed by atoms with E-state index in [2.05, 4.69) is 0 Å². The number of ether oxygens (including phenoxy) is 1. The summed E-state index contributed by atoms with van der Waals surface area (Å²) in [5.41, 5.74) is 0.406. The van der Waals surface area contributed by atoms with Crippen LogP contribution in [0.5, 0.6) is 11.5 Å². The fraction of sp³-hybridized carbons (Fsp3) is 0.133. The van der Waals surface area contributed by atoms with E-state index in [0.29, 0.717) is 11.3 Å². The Hall–Kier alpha value is -2.91. The molecule has 2 rings (SSSR count). The third-order valence-corrected chi connectivity index (χ3v) is 2.87. The molecule has 0 radical (unpaired) electrons. The summed E-state index contributed by atoms with van der Waals surface area (Å²) in [7, 11) is 0. The minimum Gasteiger partial charge on any atom is -0.450 e. The van der Waals surface area contributed by atoms with Crippen molar-refractivity contribution in [3.8, 4) is 17.6 Å². The minimum absolute atomic E-state index is 0.0205. The Balaban J connectivity index is 2.45. The van der Waals surface area contributed by atoms with E-state index in [9.17, 15) is 15.2 Å². The Labute approximate surface area is 121 Å². The summed E-state index contributed by atoms with van der Waals surface area (Å²) >= 11 is 0. The standard InChI is InChI=1S/C15H12N2O4/c1-10(18)12-4-2-3-5-14(12)21-15-7-6-11(9-16)8-13(15)17(19)20/h2-8,10,18H,1H3/t10-/m0/s1. The van der Waals surface area contributed by atoms with Crippen LogP contribution in [0, 0.1) is 21.4 Å². The number of para-hydroxylation sites is 1. The summed E-state index contributed by atoms with van der Waals surface area (Å²) in [6, 6.07) is 12.5. The van der Waals surface area contributed by atoms with Crippen molar-refractivity contribution >= 4 is 5.69 Å². The zero-order chi connectivity index (χ0) is 15.4. The summed E-state index contributed by atoms with van der Waals surface area (Å²) < 4.78 is 5.55. The fourth-order valence-electron chi connectivity index (χ4n) is 1.85. The Kier molecular flexibility index (Phi) is 4.16. The Morgan fingerprint density at radius 2 is 2.00 bits per heavy atom. The molecule has 0 bridgehead atoms. The highest BCUT2D eigenvalue weighted by Crippen LogP contribution is 2.35. The number of benzene rings is 2. The molecule has 6 heteroatoms. The third-order valence-electron chi connectivity index (χ3n) is 2.87. The van der Waals surface area contributed by atoms with Crippen LogP contribution in [0.2, 0.25) is 0 Å². The highest BCUT2D eigenvalue weighted by atomic mass is 16.6. The number of nitriles is 1. The lowest BCUT2D eigenvalue weighted by Crippen LogP contribution is -1.98. The molecule has 0 saturated carbocycles. The van der Waals surface area contributed by atoms with Gasteiger partial charge in [-0.25, -0.2) is 0 Å². The van der Waals surface area contributed by atoms with Crippen LogP contribution in [-0.2, 0) is 0 Å². The number of aliphatic hydroxyl groups is 1. The molecule has 0 aliphatic heterocycles. The van der Waals surface area contributed by atoms with Crippen molar-refractivity contribution in [3.63, 3.8) is 0 Å². The molecule has 1 atom stereocenters. The first-order valence-electron chi connectivity index (χ1n) is 6.16. The number of rotatable bonds is 4. The van der Waals surface area contributed by atoms with E-state index in [0.717, 1.165) is 6.07 Å². The summed E-state index contributed by atoms with van der Waals surface area (Å²) in [6.07, 6.45) is -0.765. The van der Waals surface area contributed by atoms with Crippen LogP contribution in [0.15, 0.2) is 42.5 Å². The summed E-state index contributed by atoms with van der Waals surface area (Å²) in [5.74, 6) is 0.354. The molecule has 0 unspecified atom stereocenters. The van der Waals surface area contributed by atoms with E-state index >= 15 is 0 Å². The first kappa shape index (κ1) is 14.5. The van der Waals surface area contributed by atoms with E-state index in [4.69, 9.17) is 10.00 Å². The van der Waals surface area contributed by atoms with Gasteiger partial charge in [-0.1, -0.05) is 18.2 Å². The summed E-state index contributed by atoms with van der Waals surface area (Å²) in [6.45, 7) is 1.58. The zero-order valence-electron chi connectivity index (χ0n) is 11.2. The summed E-state index contributed by atoms with van der Waals surface area (Å²) in [4.78, 5) is 10.5.